The van der Waals surface area contributed by atoms with E-state index >= 15 is 0 Å². The first-order valence-corrected chi connectivity index (χ1v) is 10.8. The lowest BCUT2D eigenvalue weighted by Gasteiger charge is -2.33. The summed E-state index contributed by atoms with van der Waals surface area (Å²) >= 11 is 1.49. The first-order valence-electron chi connectivity index (χ1n) is 9.78. The topological polar surface area (TPSA) is 50.5 Å². The molecular weight excluding hydrogens is 356 g/mol. The van der Waals surface area contributed by atoms with E-state index in [9.17, 15) is 4.79 Å². The van der Waals surface area contributed by atoms with Crippen molar-refractivity contribution >= 4 is 34.2 Å². The molecule has 0 radical (unpaired) electrons. The molecule has 1 saturated heterocycles. The highest BCUT2D eigenvalue weighted by atomic mass is 32.2. The first-order chi connectivity index (χ1) is 13.1. The largest absolute Gasteiger partial charge is 0.339 e. The van der Waals surface area contributed by atoms with Crippen LogP contribution in [0.4, 0.5) is 0 Å². The molecule has 1 unspecified atom stereocenters. The number of amides is 1. The molecule has 1 aliphatic heterocycles. The van der Waals surface area contributed by atoms with E-state index in [2.05, 4.69) is 59.6 Å². The van der Waals surface area contributed by atoms with Crippen molar-refractivity contribution in [1.82, 2.24) is 19.5 Å². The molecular formula is C21H26N4OS. The molecule has 0 aliphatic carbocycles. The number of hydrogen-bond donors (Lipinski definition) is 0. The quantitative estimate of drug-likeness (QED) is 0.633. The van der Waals surface area contributed by atoms with Crippen molar-refractivity contribution in [2.45, 2.75) is 57.7 Å². The van der Waals surface area contributed by atoms with Crippen molar-refractivity contribution in [2.24, 2.45) is 0 Å². The fourth-order valence-corrected chi connectivity index (χ4v) is 4.79. The number of pyridine rings is 1. The Morgan fingerprint density at radius 3 is 2.89 bits per heavy atom. The minimum Gasteiger partial charge on any atom is -0.339 e. The second kappa shape index (κ2) is 7.50. The van der Waals surface area contributed by atoms with Gasteiger partial charge in [0.05, 0.1) is 11.3 Å². The van der Waals surface area contributed by atoms with E-state index < -0.39 is 0 Å². The van der Waals surface area contributed by atoms with Gasteiger partial charge in [-0.1, -0.05) is 24.8 Å². The second-order valence-electron chi connectivity index (χ2n) is 7.44. The number of benzene rings is 1. The minimum atomic E-state index is 0.203. The molecule has 3 heterocycles. The van der Waals surface area contributed by atoms with Crippen molar-refractivity contribution in [2.75, 3.05) is 12.3 Å². The van der Waals surface area contributed by atoms with Crippen LogP contribution in [0.25, 0.3) is 16.6 Å². The van der Waals surface area contributed by atoms with Crippen LogP contribution in [0, 0.1) is 6.92 Å². The standard InChI is InChI=1S/C21H26N4OS/c1-4-16-8-9-18-17(12-16)11-14(2)20-22-23-21(25(18)20)27-13-19(26)24-10-6-5-7-15(24)3/h8-9,11-12,15H,4-7,10,13H2,1-3H3. The van der Waals surface area contributed by atoms with E-state index in [-0.39, 0.29) is 5.91 Å². The summed E-state index contributed by atoms with van der Waals surface area (Å²) in [7, 11) is 0. The molecule has 2 aromatic heterocycles. The number of likely N-dealkylation sites (tertiary alicyclic amines) is 1. The molecule has 1 atom stereocenters. The summed E-state index contributed by atoms with van der Waals surface area (Å²) < 4.78 is 2.10. The summed E-state index contributed by atoms with van der Waals surface area (Å²) in [4.78, 5) is 14.7. The summed E-state index contributed by atoms with van der Waals surface area (Å²) in [5.74, 6) is 0.613. The van der Waals surface area contributed by atoms with Crippen molar-refractivity contribution in [3.8, 4) is 0 Å². The van der Waals surface area contributed by atoms with Crippen molar-refractivity contribution in [3.63, 3.8) is 0 Å². The van der Waals surface area contributed by atoms with E-state index in [1.165, 1.54) is 29.1 Å². The molecule has 5 nitrogen and oxygen atoms in total. The van der Waals surface area contributed by atoms with Gasteiger partial charge in [-0.05, 0) is 74.2 Å². The Balaban J connectivity index is 1.65. The molecule has 0 spiro atoms. The number of fused-ring (bicyclic) bond motifs is 3. The number of aromatic nitrogens is 3. The average molecular weight is 383 g/mol. The molecule has 27 heavy (non-hydrogen) atoms. The number of nitrogens with zero attached hydrogens (tertiary/aromatic N) is 4. The Morgan fingerprint density at radius 1 is 1.26 bits per heavy atom. The first kappa shape index (κ1) is 18.3. The molecule has 3 aromatic rings. The van der Waals surface area contributed by atoms with E-state index in [0.29, 0.717) is 11.8 Å². The maximum Gasteiger partial charge on any atom is 0.233 e. The third kappa shape index (κ3) is 3.43. The second-order valence-corrected chi connectivity index (χ2v) is 8.38. The summed E-state index contributed by atoms with van der Waals surface area (Å²) in [6.07, 6.45) is 4.45. The number of carbonyl (C=O) groups is 1. The van der Waals surface area contributed by atoms with Crippen LogP contribution in [-0.2, 0) is 11.2 Å². The Kier molecular flexibility index (Phi) is 5.08. The molecule has 4 rings (SSSR count). The van der Waals surface area contributed by atoms with Gasteiger partial charge in [-0.3, -0.25) is 9.20 Å². The monoisotopic (exact) mass is 382 g/mol. The van der Waals surface area contributed by atoms with E-state index in [4.69, 9.17) is 0 Å². The van der Waals surface area contributed by atoms with E-state index in [1.807, 2.05) is 4.90 Å². The third-order valence-electron chi connectivity index (χ3n) is 5.55. The summed E-state index contributed by atoms with van der Waals surface area (Å²) in [6.45, 7) is 7.26. The van der Waals surface area contributed by atoms with Crippen LogP contribution in [0.15, 0.2) is 29.4 Å². The number of thioether (sulfide) groups is 1. The van der Waals surface area contributed by atoms with Crippen LogP contribution >= 0.6 is 11.8 Å². The lowest BCUT2D eigenvalue weighted by atomic mass is 10.0. The zero-order chi connectivity index (χ0) is 19.0. The fourth-order valence-electron chi connectivity index (χ4n) is 3.95. The van der Waals surface area contributed by atoms with E-state index in [0.717, 1.165) is 47.7 Å². The SMILES string of the molecule is CCc1ccc2c(c1)cc(C)c1nnc(SCC(=O)N3CCCCC3C)n12. The third-order valence-corrected chi connectivity index (χ3v) is 6.46. The van der Waals surface area contributed by atoms with E-state index in [1.54, 1.807) is 0 Å². The fraction of sp³-hybridized carbons (Fsp3) is 0.476. The highest BCUT2D eigenvalue weighted by Crippen LogP contribution is 2.27. The number of aryl methyl sites for hydroxylation is 2. The van der Waals surface area contributed by atoms with Gasteiger partial charge in [-0.25, -0.2) is 0 Å². The van der Waals surface area contributed by atoms with Gasteiger partial charge in [-0.15, -0.1) is 10.2 Å². The average Bonchev–Trinajstić information content (AvgIpc) is 3.11. The molecule has 0 saturated carbocycles. The molecule has 1 amide bonds. The zero-order valence-corrected chi connectivity index (χ0v) is 17.1. The van der Waals surface area contributed by atoms with Crippen molar-refractivity contribution < 1.29 is 4.79 Å². The molecule has 0 N–H and O–H groups in total. The summed E-state index contributed by atoms with van der Waals surface area (Å²) in [5.41, 5.74) is 4.39. The molecule has 1 aliphatic rings. The van der Waals surface area contributed by atoms with Gasteiger partial charge >= 0.3 is 0 Å². The maximum absolute atomic E-state index is 12.7. The van der Waals surface area contributed by atoms with Gasteiger partial charge in [0, 0.05) is 12.6 Å². The van der Waals surface area contributed by atoms with Crippen molar-refractivity contribution in [3.05, 3.63) is 35.4 Å². The van der Waals surface area contributed by atoms with Gasteiger partial charge in [-0.2, -0.15) is 0 Å². The maximum atomic E-state index is 12.7. The smallest absolute Gasteiger partial charge is 0.233 e. The summed E-state index contributed by atoms with van der Waals surface area (Å²) in [6, 6.07) is 9.05. The Hall–Kier alpha value is -2.08. The molecule has 0 bridgehead atoms. The lowest BCUT2D eigenvalue weighted by Crippen LogP contribution is -2.42. The van der Waals surface area contributed by atoms with Crippen LogP contribution in [0.5, 0.6) is 0 Å². The summed E-state index contributed by atoms with van der Waals surface area (Å²) in [5, 5.41) is 10.8. The van der Waals surface area contributed by atoms with Crippen LogP contribution in [-0.4, -0.2) is 43.7 Å². The van der Waals surface area contributed by atoms with Gasteiger partial charge < -0.3 is 4.90 Å². The molecule has 142 valence electrons. The minimum absolute atomic E-state index is 0.203. The molecule has 1 fully saturated rings. The number of rotatable bonds is 4. The predicted molar refractivity (Wildman–Crippen MR) is 110 cm³/mol. The Labute approximate surface area is 164 Å². The highest BCUT2D eigenvalue weighted by molar-refractivity contribution is 7.99. The van der Waals surface area contributed by atoms with Crippen LogP contribution in [0.3, 0.4) is 0 Å². The van der Waals surface area contributed by atoms with Crippen LogP contribution in [0.2, 0.25) is 0 Å². The van der Waals surface area contributed by atoms with Gasteiger partial charge in [0.1, 0.15) is 0 Å². The lowest BCUT2D eigenvalue weighted by molar-refractivity contribution is -0.131. The highest BCUT2D eigenvalue weighted by Gasteiger charge is 2.23. The molecule has 6 heteroatoms. The van der Waals surface area contributed by atoms with Crippen LogP contribution in [0.1, 0.15) is 44.2 Å². The number of carbonyl (C=O) groups excluding carboxylic acids is 1. The Morgan fingerprint density at radius 2 is 2.11 bits per heavy atom. The molecule has 1 aromatic carbocycles. The zero-order valence-electron chi connectivity index (χ0n) is 16.2. The van der Waals surface area contributed by atoms with Crippen molar-refractivity contribution in [1.29, 1.82) is 0 Å². The van der Waals surface area contributed by atoms with Gasteiger partial charge in [0.25, 0.3) is 0 Å². The predicted octanol–water partition coefficient (Wildman–Crippen LogP) is 4.25. The van der Waals surface area contributed by atoms with Gasteiger partial charge in [0.2, 0.25) is 5.91 Å². The Bertz CT molecular complexity index is 997. The number of hydrogen-bond acceptors (Lipinski definition) is 4. The normalized spacial score (nSPS) is 17.7. The van der Waals surface area contributed by atoms with Crippen LogP contribution < -0.4 is 0 Å². The number of piperidine rings is 1. The van der Waals surface area contributed by atoms with Gasteiger partial charge in [0.15, 0.2) is 10.8 Å².